The third-order valence-electron chi connectivity index (χ3n) is 11.5. The molecule has 0 aliphatic heterocycles. The van der Waals surface area contributed by atoms with E-state index in [9.17, 15) is 0 Å². The molecule has 8 aromatic carbocycles. The SMILES string of the molecule is CC1(C)c2cc3ccccc3cc2-c2cccc(-c3ccc(-c4nc(-c5ccccc5)cc(-c5cccc6c5oc5ccccc56)n4)c4ccccc34)c21. The summed E-state index contributed by atoms with van der Waals surface area (Å²) in [6.45, 7) is 4.75. The summed E-state index contributed by atoms with van der Waals surface area (Å²) in [5.41, 5.74) is 14.0. The molecule has 2 heterocycles. The molecule has 0 fully saturated rings. The first-order valence-corrected chi connectivity index (χ1v) is 18.6. The van der Waals surface area contributed by atoms with Crippen molar-refractivity contribution in [2.24, 2.45) is 0 Å². The van der Waals surface area contributed by atoms with Crippen LogP contribution in [0.4, 0.5) is 0 Å². The molecule has 0 atom stereocenters. The zero-order chi connectivity index (χ0) is 36.0. The zero-order valence-corrected chi connectivity index (χ0v) is 30.0. The number of benzene rings is 8. The van der Waals surface area contributed by atoms with Gasteiger partial charge in [-0.1, -0.05) is 147 Å². The summed E-state index contributed by atoms with van der Waals surface area (Å²) in [4.78, 5) is 10.6. The van der Waals surface area contributed by atoms with Crippen molar-refractivity contribution in [3.63, 3.8) is 0 Å². The first-order valence-electron chi connectivity index (χ1n) is 18.6. The number of hydrogen-bond acceptors (Lipinski definition) is 3. The Balaban J connectivity index is 1.12. The van der Waals surface area contributed by atoms with Crippen molar-refractivity contribution in [3.05, 3.63) is 181 Å². The lowest BCUT2D eigenvalue weighted by atomic mass is 9.78. The predicted molar refractivity (Wildman–Crippen MR) is 224 cm³/mol. The van der Waals surface area contributed by atoms with Crippen molar-refractivity contribution in [2.75, 3.05) is 0 Å². The minimum Gasteiger partial charge on any atom is -0.455 e. The molecule has 3 heteroatoms. The molecule has 1 aliphatic rings. The van der Waals surface area contributed by atoms with Crippen LogP contribution in [-0.4, -0.2) is 9.97 Å². The molecule has 3 nitrogen and oxygen atoms in total. The van der Waals surface area contributed by atoms with Crippen molar-refractivity contribution < 1.29 is 4.42 Å². The standard InChI is InChI=1S/C51H34N2O/c1-51(2)44-29-33-17-7-6-16-32(33)28-43(44)39-22-12-21-38(48(39)51)36-26-27-41(35-19-9-8-18-34(35)36)50-52-45(31-14-4-3-5-15-31)30-46(53-50)42-24-13-23-40-37-20-10-11-25-47(37)54-49(40)42/h3-30H,1-2H3. The van der Waals surface area contributed by atoms with Crippen molar-refractivity contribution in [1.29, 1.82) is 0 Å². The number of hydrogen-bond donors (Lipinski definition) is 0. The Morgan fingerprint density at radius 2 is 1.02 bits per heavy atom. The smallest absolute Gasteiger partial charge is 0.161 e. The molecule has 0 N–H and O–H groups in total. The van der Waals surface area contributed by atoms with Gasteiger partial charge in [0.25, 0.3) is 0 Å². The van der Waals surface area contributed by atoms with Gasteiger partial charge in [-0.15, -0.1) is 0 Å². The van der Waals surface area contributed by atoms with Crippen LogP contribution in [0.2, 0.25) is 0 Å². The molecule has 0 spiro atoms. The van der Waals surface area contributed by atoms with E-state index in [0.29, 0.717) is 5.82 Å². The van der Waals surface area contributed by atoms with E-state index in [4.69, 9.17) is 14.4 Å². The molecule has 1 aliphatic carbocycles. The first-order chi connectivity index (χ1) is 26.5. The van der Waals surface area contributed by atoms with Crippen LogP contribution < -0.4 is 0 Å². The summed E-state index contributed by atoms with van der Waals surface area (Å²) in [6.07, 6.45) is 0. The van der Waals surface area contributed by atoms with Gasteiger partial charge >= 0.3 is 0 Å². The van der Waals surface area contributed by atoms with Crippen molar-refractivity contribution in [3.8, 4) is 56.2 Å². The van der Waals surface area contributed by atoms with Crippen molar-refractivity contribution in [1.82, 2.24) is 9.97 Å². The van der Waals surface area contributed by atoms with Gasteiger partial charge in [0.05, 0.1) is 11.4 Å². The maximum absolute atomic E-state index is 6.50. The molecule has 10 aromatic rings. The fraction of sp³-hybridized carbons (Fsp3) is 0.0588. The topological polar surface area (TPSA) is 38.9 Å². The van der Waals surface area contributed by atoms with Crippen LogP contribution in [0.1, 0.15) is 25.0 Å². The summed E-state index contributed by atoms with van der Waals surface area (Å²) < 4.78 is 6.50. The van der Waals surface area contributed by atoms with Gasteiger partial charge in [0, 0.05) is 32.9 Å². The monoisotopic (exact) mass is 690 g/mol. The highest BCUT2D eigenvalue weighted by atomic mass is 16.3. The molecule has 0 amide bonds. The summed E-state index contributed by atoms with van der Waals surface area (Å²) >= 11 is 0. The van der Waals surface area contributed by atoms with E-state index in [1.54, 1.807) is 0 Å². The number of fused-ring (bicyclic) bond motifs is 8. The normalized spacial score (nSPS) is 13.1. The number of rotatable bonds is 4. The molecule has 0 saturated carbocycles. The zero-order valence-electron chi connectivity index (χ0n) is 30.0. The highest BCUT2D eigenvalue weighted by molar-refractivity contribution is 6.10. The molecule has 54 heavy (non-hydrogen) atoms. The fourth-order valence-corrected chi connectivity index (χ4v) is 8.93. The van der Waals surface area contributed by atoms with Gasteiger partial charge in [0.15, 0.2) is 5.82 Å². The Kier molecular flexibility index (Phi) is 6.60. The maximum Gasteiger partial charge on any atom is 0.161 e. The van der Waals surface area contributed by atoms with Crippen LogP contribution in [0.25, 0.3) is 99.6 Å². The highest BCUT2D eigenvalue weighted by Gasteiger charge is 2.38. The van der Waals surface area contributed by atoms with E-state index < -0.39 is 0 Å². The van der Waals surface area contributed by atoms with Crippen LogP contribution in [0.3, 0.4) is 0 Å². The van der Waals surface area contributed by atoms with Crippen molar-refractivity contribution in [2.45, 2.75) is 19.3 Å². The molecular formula is C51H34N2O. The number of nitrogens with zero attached hydrogens (tertiary/aromatic N) is 2. The quantitative estimate of drug-likeness (QED) is 0.184. The summed E-state index contributed by atoms with van der Waals surface area (Å²) in [5, 5.41) is 7.02. The second-order valence-corrected chi connectivity index (χ2v) is 14.9. The van der Waals surface area contributed by atoms with E-state index in [1.807, 2.05) is 18.2 Å². The lowest BCUT2D eigenvalue weighted by Crippen LogP contribution is -2.16. The Hall–Kier alpha value is -6.84. The van der Waals surface area contributed by atoms with E-state index in [-0.39, 0.29) is 5.41 Å². The molecule has 0 unspecified atom stereocenters. The van der Waals surface area contributed by atoms with Crippen molar-refractivity contribution >= 4 is 43.5 Å². The summed E-state index contributed by atoms with van der Waals surface area (Å²) in [6, 6.07) is 60.5. The predicted octanol–water partition coefficient (Wildman–Crippen LogP) is 13.7. The Morgan fingerprint density at radius 3 is 1.83 bits per heavy atom. The maximum atomic E-state index is 6.50. The molecule has 11 rings (SSSR count). The Morgan fingerprint density at radius 1 is 0.426 bits per heavy atom. The van der Waals surface area contributed by atoms with Crippen LogP contribution in [0.15, 0.2) is 174 Å². The Bertz CT molecular complexity index is 3130. The van der Waals surface area contributed by atoms with Gasteiger partial charge in [0.2, 0.25) is 0 Å². The van der Waals surface area contributed by atoms with Gasteiger partial charge in [-0.25, -0.2) is 9.97 Å². The number of furan rings is 1. The largest absolute Gasteiger partial charge is 0.455 e. The van der Waals surface area contributed by atoms with Gasteiger partial charge in [0.1, 0.15) is 11.2 Å². The second-order valence-electron chi connectivity index (χ2n) is 14.9. The lowest BCUT2D eigenvalue weighted by Gasteiger charge is -2.25. The fourth-order valence-electron chi connectivity index (χ4n) is 8.93. The number of para-hydroxylation sites is 2. The van der Waals surface area contributed by atoms with E-state index >= 15 is 0 Å². The number of aromatic nitrogens is 2. The highest BCUT2D eigenvalue weighted by Crippen LogP contribution is 2.54. The minimum atomic E-state index is -0.176. The molecule has 0 radical (unpaired) electrons. The van der Waals surface area contributed by atoms with Gasteiger partial charge < -0.3 is 4.42 Å². The van der Waals surface area contributed by atoms with E-state index in [2.05, 4.69) is 166 Å². The third kappa shape index (κ3) is 4.55. The van der Waals surface area contributed by atoms with Gasteiger partial charge in [-0.05, 0) is 91.3 Å². The molecule has 0 saturated heterocycles. The summed E-state index contributed by atoms with van der Waals surface area (Å²) in [5.74, 6) is 0.680. The van der Waals surface area contributed by atoms with Gasteiger partial charge in [-0.2, -0.15) is 0 Å². The van der Waals surface area contributed by atoms with Crippen LogP contribution in [0, 0.1) is 0 Å². The summed E-state index contributed by atoms with van der Waals surface area (Å²) in [7, 11) is 0. The van der Waals surface area contributed by atoms with Crippen LogP contribution in [-0.2, 0) is 5.41 Å². The molecule has 254 valence electrons. The second kappa shape index (κ2) is 11.6. The third-order valence-corrected chi connectivity index (χ3v) is 11.5. The average molecular weight is 691 g/mol. The molecule has 0 bridgehead atoms. The average Bonchev–Trinajstić information content (AvgIpc) is 3.71. The minimum absolute atomic E-state index is 0.176. The molecular weight excluding hydrogens is 657 g/mol. The van der Waals surface area contributed by atoms with Crippen LogP contribution >= 0.6 is 0 Å². The van der Waals surface area contributed by atoms with Crippen LogP contribution in [0.5, 0.6) is 0 Å². The Labute approximate surface area is 313 Å². The first kappa shape index (κ1) is 30.8. The lowest BCUT2D eigenvalue weighted by molar-refractivity contribution is 0.663. The van der Waals surface area contributed by atoms with E-state index in [1.165, 1.54) is 49.5 Å². The molecule has 2 aromatic heterocycles. The van der Waals surface area contributed by atoms with E-state index in [0.717, 1.165) is 55.4 Å². The van der Waals surface area contributed by atoms with Gasteiger partial charge in [-0.3, -0.25) is 0 Å².